The molecule has 0 saturated heterocycles. The fourth-order valence-corrected chi connectivity index (χ4v) is 4.16. The van der Waals surface area contributed by atoms with Crippen LogP contribution >= 0.6 is 11.8 Å². The third-order valence-electron chi connectivity index (χ3n) is 4.04. The minimum absolute atomic E-state index is 0.0261. The van der Waals surface area contributed by atoms with Crippen molar-refractivity contribution >= 4 is 27.7 Å². The molecule has 1 heterocycles. The number of carbonyl (C=O) groups excluding carboxylic acids is 1. The van der Waals surface area contributed by atoms with Crippen LogP contribution in [0.2, 0.25) is 0 Å². The first-order valence-corrected chi connectivity index (χ1v) is 11.0. The molecular weight excluding hydrogens is 382 g/mol. The topological polar surface area (TPSA) is 70.6 Å². The number of amides is 1. The monoisotopic (exact) mass is 407 g/mol. The molecule has 0 radical (unpaired) electrons. The molecule has 1 aromatic heterocycles. The molecule has 0 aliphatic heterocycles. The Balaban J connectivity index is 2.04. The summed E-state index contributed by atoms with van der Waals surface area (Å²) < 4.78 is 25.3. The van der Waals surface area contributed by atoms with E-state index in [1.807, 2.05) is 44.2 Å². The summed E-state index contributed by atoms with van der Waals surface area (Å²) in [5.41, 5.74) is 1.08. The molecule has 0 aliphatic carbocycles. The summed E-state index contributed by atoms with van der Waals surface area (Å²) in [6, 6.07) is 13.0. The van der Waals surface area contributed by atoms with Gasteiger partial charge in [0.25, 0.3) is 0 Å². The molecule has 2 rings (SSSR count). The maximum Gasteiger partial charge on any atom is 0.244 e. The van der Waals surface area contributed by atoms with Crippen molar-refractivity contribution in [2.45, 2.75) is 35.6 Å². The van der Waals surface area contributed by atoms with Gasteiger partial charge in [0, 0.05) is 33.4 Å². The number of nitrogens with zero attached hydrogens (tertiary/aromatic N) is 3. The van der Waals surface area contributed by atoms with Gasteiger partial charge in [-0.3, -0.25) is 4.79 Å². The molecule has 1 amide bonds. The van der Waals surface area contributed by atoms with Crippen molar-refractivity contribution in [1.82, 2.24) is 14.2 Å². The van der Waals surface area contributed by atoms with E-state index in [0.717, 1.165) is 9.87 Å². The van der Waals surface area contributed by atoms with Gasteiger partial charge in [-0.25, -0.2) is 17.7 Å². The highest BCUT2D eigenvalue weighted by atomic mass is 32.2. The zero-order chi connectivity index (χ0) is 20.0. The molecule has 0 unspecified atom stereocenters. The van der Waals surface area contributed by atoms with Crippen LogP contribution in [0, 0.1) is 0 Å². The minimum atomic E-state index is -3.50. The number of benzene rings is 1. The van der Waals surface area contributed by atoms with Gasteiger partial charge in [0.15, 0.2) is 0 Å². The van der Waals surface area contributed by atoms with E-state index in [-0.39, 0.29) is 16.1 Å². The van der Waals surface area contributed by atoms with Gasteiger partial charge in [0.1, 0.15) is 4.90 Å². The van der Waals surface area contributed by atoms with Gasteiger partial charge < -0.3 is 4.90 Å². The lowest BCUT2D eigenvalue weighted by atomic mass is 10.2. The minimum Gasteiger partial charge on any atom is -0.338 e. The maximum atomic E-state index is 12.8. The average Bonchev–Trinajstić information content (AvgIpc) is 2.66. The van der Waals surface area contributed by atoms with Crippen molar-refractivity contribution < 1.29 is 13.2 Å². The van der Waals surface area contributed by atoms with Gasteiger partial charge in [-0.05, 0) is 31.5 Å². The summed E-state index contributed by atoms with van der Waals surface area (Å²) in [4.78, 5) is 18.9. The van der Waals surface area contributed by atoms with E-state index in [1.54, 1.807) is 11.0 Å². The smallest absolute Gasteiger partial charge is 0.244 e. The van der Waals surface area contributed by atoms with Crippen molar-refractivity contribution in [3.8, 4) is 0 Å². The summed E-state index contributed by atoms with van der Waals surface area (Å²) in [7, 11) is -0.550. The Morgan fingerprint density at radius 1 is 1.15 bits per heavy atom. The van der Waals surface area contributed by atoms with Crippen molar-refractivity contribution in [3.63, 3.8) is 0 Å². The zero-order valence-corrected chi connectivity index (χ0v) is 17.6. The highest BCUT2D eigenvalue weighted by molar-refractivity contribution is 8.00. The lowest BCUT2D eigenvalue weighted by Gasteiger charge is -2.24. The van der Waals surface area contributed by atoms with E-state index < -0.39 is 10.0 Å². The van der Waals surface area contributed by atoms with Gasteiger partial charge in [-0.15, -0.1) is 0 Å². The van der Waals surface area contributed by atoms with E-state index in [4.69, 9.17) is 0 Å². The summed E-state index contributed by atoms with van der Waals surface area (Å²) in [6.45, 7) is 4.98. The Bertz CT molecular complexity index is 854. The Hall–Kier alpha value is -1.90. The number of rotatable bonds is 8. The van der Waals surface area contributed by atoms with Gasteiger partial charge >= 0.3 is 0 Å². The van der Waals surface area contributed by atoms with Crippen molar-refractivity contribution in [2.75, 3.05) is 20.6 Å². The van der Waals surface area contributed by atoms with Crippen LogP contribution in [0.4, 0.5) is 0 Å². The summed E-state index contributed by atoms with van der Waals surface area (Å²) in [6.07, 6.45) is 1.33. The van der Waals surface area contributed by atoms with Crippen LogP contribution in [-0.2, 0) is 21.4 Å². The second kappa shape index (κ2) is 9.34. The summed E-state index contributed by atoms with van der Waals surface area (Å²) >= 11 is 1.32. The lowest BCUT2D eigenvalue weighted by molar-refractivity contribution is -0.130. The van der Waals surface area contributed by atoms with Crippen molar-refractivity contribution in [1.29, 1.82) is 0 Å². The Morgan fingerprint density at radius 2 is 1.81 bits per heavy atom. The number of carbonyl (C=O) groups is 1. The van der Waals surface area contributed by atoms with Crippen molar-refractivity contribution in [3.05, 3.63) is 54.2 Å². The fraction of sp³-hybridized carbons (Fsp3) is 0.368. The van der Waals surface area contributed by atoms with Crippen LogP contribution in [0.3, 0.4) is 0 Å². The van der Waals surface area contributed by atoms with Crippen LogP contribution in [0.25, 0.3) is 0 Å². The summed E-state index contributed by atoms with van der Waals surface area (Å²) in [5, 5.41) is 0.293. The normalized spacial score (nSPS) is 12.8. The van der Waals surface area contributed by atoms with Gasteiger partial charge in [0.05, 0.1) is 10.3 Å². The number of hydrogen-bond donors (Lipinski definition) is 0. The standard InChI is InChI=1S/C19H25N3O3S2/c1-5-22(14-16-9-7-6-8-10-16)19(23)15(2)26-18-12-11-17(13-20-18)27(24,25)21(3)4/h6-13,15H,5,14H2,1-4H3/t15-/m1/s1. The molecule has 27 heavy (non-hydrogen) atoms. The van der Waals surface area contributed by atoms with Gasteiger partial charge in [-0.2, -0.15) is 0 Å². The zero-order valence-electron chi connectivity index (χ0n) is 16.0. The molecule has 2 aromatic rings. The number of aromatic nitrogens is 1. The Kier molecular flexibility index (Phi) is 7.41. The second-order valence-electron chi connectivity index (χ2n) is 6.22. The van der Waals surface area contributed by atoms with Gasteiger partial charge in [-0.1, -0.05) is 42.1 Å². The quantitative estimate of drug-likeness (QED) is 0.629. The molecule has 8 heteroatoms. The first-order chi connectivity index (χ1) is 12.8. The fourth-order valence-electron chi connectivity index (χ4n) is 2.44. The average molecular weight is 408 g/mol. The Labute approximate surface area is 165 Å². The van der Waals surface area contributed by atoms with E-state index in [9.17, 15) is 13.2 Å². The van der Waals surface area contributed by atoms with E-state index in [0.29, 0.717) is 18.1 Å². The molecule has 1 atom stereocenters. The van der Waals surface area contributed by atoms with Crippen LogP contribution in [0.5, 0.6) is 0 Å². The largest absolute Gasteiger partial charge is 0.338 e. The molecule has 0 spiro atoms. The lowest BCUT2D eigenvalue weighted by Crippen LogP contribution is -2.36. The predicted octanol–water partition coefficient (Wildman–Crippen LogP) is 2.86. The van der Waals surface area contributed by atoms with E-state index in [1.165, 1.54) is 38.1 Å². The van der Waals surface area contributed by atoms with Crippen molar-refractivity contribution in [2.24, 2.45) is 0 Å². The van der Waals surface area contributed by atoms with E-state index >= 15 is 0 Å². The molecule has 0 bridgehead atoms. The molecule has 0 N–H and O–H groups in total. The maximum absolute atomic E-state index is 12.8. The van der Waals surface area contributed by atoms with Crippen LogP contribution < -0.4 is 0 Å². The molecule has 0 aliphatic rings. The third-order valence-corrected chi connectivity index (χ3v) is 6.88. The highest BCUT2D eigenvalue weighted by Gasteiger charge is 2.22. The van der Waals surface area contributed by atoms with Gasteiger partial charge in [0.2, 0.25) is 15.9 Å². The van der Waals surface area contributed by atoms with Crippen LogP contribution in [0.15, 0.2) is 58.6 Å². The SMILES string of the molecule is CCN(Cc1ccccc1)C(=O)[C@@H](C)Sc1ccc(S(=O)(=O)N(C)C)cn1. The molecular formula is C19H25N3O3S2. The second-order valence-corrected chi connectivity index (χ2v) is 9.73. The highest BCUT2D eigenvalue weighted by Crippen LogP contribution is 2.24. The first-order valence-electron chi connectivity index (χ1n) is 8.63. The van der Waals surface area contributed by atoms with Crippen LogP contribution in [-0.4, -0.2) is 54.4 Å². The number of hydrogen-bond acceptors (Lipinski definition) is 5. The van der Waals surface area contributed by atoms with Crippen LogP contribution in [0.1, 0.15) is 19.4 Å². The molecule has 1 aromatic carbocycles. The molecule has 146 valence electrons. The third kappa shape index (κ3) is 5.54. The predicted molar refractivity (Wildman–Crippen MR) is 108 cm³/mol. The molecule has 0 fully saturated rings. The Morgan fingerprint density at radius 3 is 2.33 bits per heavy atom. The number of pyridine rings is 1. The number of sulfonamides is 1. The summed E-state index contributed by atoms with van der Waals surface area (Å²) in [5.74, 6) is 0.0261. The van der Waals surface area contributed by atoms with E-state index in [2.05, 4.69) is 4.98 Å². The molecule has 0 saturated carbocycles. The number of thioether (sulfide) groups is 1. The molecule has 6 nitrogen and oxygen atoms in total. The first kappa shape index (κ1) is 21.4.